The van der Waals surface area contributed by atoms with Gasteiger partial charge in [0.2, 0.25) is 0 Å². The molecule has 0 N–H and O–H groups in total. The van der Waals surface area contributed by atoms with Gasteiger partial charge in [0.05, 0.1) is 16.4 Å². The Bertz CT molecular complexity index is 585. The monoisotopic (exact) mass is 296 g/mol. The second-order valence-electron chi connectivity index (χ2n) is 5.46. The smallest absolute Gasteiger partial charge is 0.127 e. The molecular formula is C15H18Cl2N2. The summed E-state index contributed by atoms with van der Waals surface area (Å²) in [5, 5.41) is 0.650. The Balaban J connectivity index is 1.95. The van der Waals surface area contributed by atoms with Crippen LogP contribution in [0.5, 0.6) is 0 Å². The Kier molecular flexibility index (Phi) is 3.72. The zero-order chi connectivity index (χ0) is 13.4. The lowest BCUT2D eigenvalue weighted by molar-refractivity contribution is 0.282. The van der Waals surface area contributed by atoms with E-state index in [9.17, 15) is 0 Å². The van der Waals surface area contributed by atoms with Crippen LogP contribution in [-0.2, 0) is 6.54 Å². The largest absolute Gasteiger partial charge is 0.327 e. The lowest BCUT2D eigenvalue weighted by Gasteiger charge is -2.25. The number of halogens is 2. The molecule has 1 unspecified atom stereocenters. The predicted molar refractivity (Wildman–Crippen MR) is 81.0 cm³/mol. The van der Waals surface area contributed by atoms with Crippen molar-refractivity contribution in [2.24, 2.45) is 5.92 Å². The molecule has 1 heterocycles. The number of benzene rings is 1. The second-order valence-corrected chi connectivity index (χ2v) is 6.55. The molecule has 1 fully saturated rings. The molecule has 0 radical (unpaired) electrons. The maximum atomic E-state index is 6.27. The van der Waals surface area contributed by atoms with E-state index in [1.54, 1.807) is 0 Å². The van der Waals surface area contributed by atoms with Crippen LogP contribution < -0.4 is 0 Å². The summed E-state index contributed by atoms with van der Waals surface area (Å²) in [4.78, 5) is 4.64. The summed E-state index contributed by atoms with van der Waals surface area (Å²) in [6, 6.07) is 5.89. The zero-order valence-corrected chi connectivity index (χ0v) is 12.6. The molecule has 1 atom stereocenters. The highest BCUT2D eigenvalue weighted by molar-refractivity contribution is 6.31. The fourth-order valence-electron chi connectivity index (χ4n) is 2.75. The Morgan fingerprint density at radius 1 is 1.42 bits per heavy atom. The Labute approximate surface area is 123 Å². The van der Waals surface area contributed by atoms with Crippen molar-refractivity contribution in [3.05, 3.63) is 29.0 Å². The number of aryl methyl sites for hydroxylation is 1. The fraction of sp³-hybridized carbons (Fsp3) is 0.533. The van der Waals surface area contributed by atoms with E-state index in [0.29, 0.717) is 0 Å². The SMILES string of the molecule is CC(Cl)c1nc2cc(Cl)ccc2n1CCC1CCC1. The van der Waals surface area contributed by atoms with Crippen LogP contribution in [0.1, 0.15) is 43.8 Å². The molecule has 1 saturated carbocycles. The summed E-state index contributed by atoms with van der Waals surface area (Å²) in [7, 11) is 0. The first kappa shape index (κ1) is 13.3. The van der Waals surface area contributed by atoms with Crippen LogP contribution in [0, 0.1) is 5.92 Å². The van der Waals surface area contributed by atoms with E-state index in [2.05, 4.69) is 9.55 Å². The van der Waals surface area contributed by atoms with Gasteiger partial charge < -0.3 is 4.57 Å². The van der Waals surface area contributed by atoms with Crippen LogP contribution >= 0.6 is 23.2 Å². The maximum Gasteiger partial charge on any atom is 0.127 e. The molecule has 1 aromatic carbocycles. The van der Waals surface area contributed by atoms with Crippen molar-refractivity contribution in [1.29, 1.82) is 0 Å². The number of nitrogens with zero attached hydrogens (tertiary/aromatic N) is 2. The van der Waals surface area contributed by atoms with Crippen LogP contribution in [-0.4, -0.2) is 9.55 Å². The number of aromatic nitrogens is 2. The van der Waals surface area contributed by atoms with Crippen molar-refractivity contribution in [2.45, 2.75) is 44.5 Å². The number of hydrogen-bond acceptors (Lipinski definition) is 1. The third-order valence-corrected chi connectivity index (χ3v) is 4.51. The molecule has 1 aromatic heterocycles. The molecule has 4 heteroatoms. The Hall–Kier alpha value is -0.730. The standard InChI is InChI=1S/C15H18Cl2N2/c1-10(16)15-18-13-9-12(17)5-6-14(13)19(15)8-7-11-3-2-4-11/h5-6,9-11H,2-4,7-8H2,1H3. The van der Waals surface area contributed by atoms with Gasteiger partial charge in [-0.25, -0.2) is 4.98 Å². The molecule has 2 aromatic rings. The molecule has 0 amide bonds. The van der Waals surface area contributed by atoms with E-state index in [-0.39, 0.29) is 5.38 Å². The van der Waals surface area contributed by atoms with Crippen LogP contribution in [0.25, 0.3) is 11.0 Å². The first-order valence-corrected chi connectivity index (χ1v) is 7.76. The third-order valence-electron chi connectivity index (χ3n) is 4.08. The van der Waals surface area contributed by atoms with E-state index in [1.807, 2.05) is 25.1 Å². The van der Waals surface area contributed by atoms with Gasteiger partial charge in [0.15, 0.2) is 0 Å². The molecule has 0 saturated heterocycles. The normalized spacial score (nSPS) is 17.6. The summed E-state index contributed by atoms with van der Waals surface area (Å²) in [6.45, 7) is 2.99. The number of fused-ring (bicyclic) bond motifs is 1. The Morgan fingerprint density at radius 2 is 2.21 bits per heavy atom. The first-order chi connectivity index (χ1) is 9.15. The number of imidazole rings is 1. The molecule has 19 heavy (non-hydrogen) atoms. The highest BCUT2D eigenvalue weighted by atomic mass is 35.5. The van der Waals surface area contributed by atoms with Gasteiger partial charge >= 0.3 is 0 Å². The number of hydrogen-bond donors (Lipinski definition) is 0. The van der Waals surface area contributed by atoms with Gasteiger partial charge in [-0.3, -0.25) is 0 Å². The summed E-state index contributed by atoms with van der Waals surface area (Å²) in [5.41, 5.74) is 2.09. The van der Waals surface area contributed by atoms with Gasteiger partial charge in [-0.05, 0) is 37.5 Å². The van der Waals surface area contributed by atoms with Gasteiger partial charge in [0.25, 0.3) is 0 Å². The van der Waals surface area contributed by atoms with Gasteiger partial charge in [-0.15, -0.1) is 11.6 Å². The van der Waals surface area contributed by atoms with E-state index in [0.717, 1.165) is 34.3 Å². The molecule has 3 rings (SSSR count). The van der Waals surface area contributed by atoms with Crippen molar-refractivity contribution >= 4 is 34.2 Å². The zero-order valence-electron chi connectivity index (χ0n) is 11.1. The molecule has 2 nitrogen and oxygen atoms in total. The van der Waals surface area contributed by atoms with Crippen LogP contribution in [0.4, 0.5) is 0 Å². The minimum atomic E-state index is -0.0763. The minimum Gasteiger partial charge on any atom is -0.327 e. The molecule has 0 aliphatic heterocycles. The van der Waals surface area contributed by atoms with Crippen molar-refractivity contribution in [2.75, 3.05) is 0 Å². The molecule has 0 spiro atoms. The minimum absolute atomic E-state index is 0.0763. The summed E-state index contributed by atoms with van der Waals surface area (Å²) in [6.07, 6.45) is 5.38. The average molecular weight is 297 g/mol. The second kappa shape index (κ2) is 5.34. The van der Waals surface area contributed by atoms with Crippen LogP contribution in [0.2, 0.25) is 5.02 Å². The topological polar surface area (TPSA) is 17.8 Å². The quantitative estimate of drug-likeness (QED) is 0.711. The highest BCUT2D eigenvalue weighted by Crippen LogP contribution is 2.32. The average Bonchev–Trinajstić information content (AvgIpc) is 2.65. The highest BCUT2D eigenvalue weighted by Gasteiger charge is 2.20. The summed E-state index contributed by atoms with van der Waals surface area (Å²) in [5.74, 6) is 1.85. The summed E-state index contributed by atoms with van der Waals surface area (Å²) < 4.78 is 2.27. The van der Waals surface area contributed by atoms with E-state index < -0.39 is 0 Å². The third kappa shape index (κ3) is 2.61. The molecular weight excluding hydrogens is 279 g/mol. The number of rotatable bonds is 4. The molecule has 1 aliphatic rings. The summed E-state index contributed by atoms with van der Waals surface area (Å²) >= 11 is 12.3. The number of alkyl halides is 1. The fourth-order valence-corrected chi connectivity index (χ4v) is 3.09. The van der Waals surface area contributed by atoms with E-state index >= 15 is 0 Å². The van der Waals surface area contributed by atoms with Crippen LogP contribution in [0.15, 0.2) is 18.2 Å². The molecule has 102 valence electrons. The van der Waals surface area contributed by atoms with E-state index in [4.69, 9.17) is 23.2 Å². The van der Waals surface area contributed by atoms with Crippen LogP contribution in [0.3, 0.4) is 0 Å². The lowest BCUT2D eigenvalue weighted by atomic mass is 9.83. The molecule has 1 aliphatic carbocycles. The van der Waals surface area contributed by atoms with Gasteiger partial charge in [-0.1, -0.05) is 30.9 Å². The van der Waals surface area contributed by atoms with Gasteiger partial charge in [0, 0.05) is 11.6 Å². The Morgan fingerprint density at radius 3 is 2.84 bits per heavy atom. The van der Waals surface area contributed by atoms with Crippen molar-refractivity contribution < 1.29 is 0 Å². The van der Waals surface area contributed by atoms with Gasteiger partial charge in [-0.2, -0.15) is 0 Å². The van der Waals surface area contributed by atoms with Crippen molar-refractivity contribution in [3.8, 4) is 0 Å². The molecule has 0 bridgehead atoms. The first-order valence-electron chi connectivity index (χ1n) is 6.95. The van der Waals surface area contributed by atoms with Crippen molar-refractivity contribution in [1.82, 2.24) is 9.55 Å². The van der Waals surface area contributed by atoms with Crippen molar-refractivity contribution in [3.63, 3.8) is 0 Å². The lowest BCUT2D eigenvalue weighted by Crippen LogP contribution is -2.15. The van der Waals surface area contributed by atoms with Gasteiger partial charge in [0.1, 0.15) is 5.82 Å². The van der Waals surface area contributed by atoms with E-state index in [1.165, 1.54) is 25.7 Å². The predicted octanol–water partition coefficient (Wildman–Crippen LogP) is 5.18. The maximum absolute atomic E-state index is 6.27.